The molecule has 2 unspecified atom stereocenters. The molecule has 1 spiro atoms. The number of carbonyl (C=O) groups is 2. The first-order valence-electron chi connectivity index (χ1n) is 8.79. The van der Waals surface area contributed by atoms with Crippen molar-refractivity contribution in [2.75, 3.05) is 0 Å². The summed E-state index contributed by atoms with van der Waals surface area (Å²) in [4.78, 5) is 25.0. The number of aliphatic carboxylic acids is 1. The maximum Gasteiger partial charge on any atom is 0.316 e. The van der Waals surface area contributed by atoms with E-state index >= 15 is 0 Å². The monoisotopic (exact) mass is 330 g/mol. The van der Waals surface area contributed by atoms with E-state index in [9.17, 15) is 19.8 Å². The van der Waals surface area contributed by atoms with E-state index in [4.69, 9.17) is 4.74 Å². The average Bonchev–Trinajstić information content (AvgIpc) is 2.98. The molecule has 5 nitrogen and oxygen atoms in total. The van der Waals surface area contributed by atoms with Gasteiger partial charge in [0.25, 0.3) is 0 Å². The molecule has 0 aromatic carbocycles. The van der Waals surface area contributed by atoms with Gasteiger partial charge in [-0.15, -0.1) is 0 Å². The maximum atomic E-state index is 12.7. The summed E-state index contributed by atoms with van der Waals surface area (Å²) in [5, 5.41) is 20.7. The summed E-state index contributed by atoms with van der Waals surface area (Å²) in [6.45, 7) is 5.88. The number of allylic oxidation sites excluding steroid dienone is 1. The van der Waals surface area contributed by atoms with E-state index in [2.05, 4.69) is 6.58 Å². The SMILES string of the molecule is C=C1C[C@@]23C[C@@H]1CCC2[C@]12C=C[C@@H](O)[C@@](C)(C(=O)O1)C2[C@H]3C(=O)O. The van der Waals surface area contributed by atoms with Crippen molar-refractivity contribution in [3.05, 3.63) is 24.3 Å². The number of hydrogen-bond acceptors (Lipinski definition) is 4. The van der Waals surface area contributed by atoms with Crippen LogP contribution >= 0.6 is 0 Å². The number of fused-ring (bicyclic) bond motifs is 1. The maximum absolute atomic E-state index is 12.7. The van der Waals surface area contributed by atoms with Gasteiger partial charge < -0.3 is 14.9 Å². The number of aliphatic hydroxyl groups excluding tert-OH is 1. The molecule has 3 saturated carbocycles. The Morgan fingerprint density at radius 3 is 2.88 bits per heavy atom. The zero-order chi connectivity index (χ0) is 17.1. The summed E-state index contributed by atoms with van der Waals surface area (Å²) in [7, 11) is 0. The van der Waals surface area contributed by atoms with Gasteiger partial charge >= 0.3 is 11.9 Å². The van der Waals surface area contributed by atoms with E-state index in [1.54, 1.807) is 13.0 Å². The van der Waals surface area contributed by atoms with E-state index in [1.165, 1.54) is 0 Å². The molecule has 0 radical (unpaired) electrons. The summed E-state index contributed by atoms with van der Waals surface area (Å²) >= 11 is 0. The summed E-state index contributed by atoms with van der Waals surface area (Å²) in [5.41, 5.74) is -1.30. The lowest BCUT2D eigenvalue weighted by molar-refractivity contribution is -0.161. The summed E-state index contributed by atoms with van der Waals surface area (Å²) in [5.74, 6) is -2.12. The summed E-state index contributed by atoms with van der Waals surface area (Å²) in [6.07, 6.45) is 5.83. The molecule has 4 aliphatic carbocycles. The minimum absolute atomic E-state index is 0.00104. The summed E-state index contributed by atoms with van der Waals surface area (Å²) < 4.78 is 5.92. The van der Waals surface area contributed by atoms with E-state index in [0.717, 1.165) is 24.8 Å². The zero-order valence-corrected chi connectivity index (χ0v) is 13.7. The van der Waals surface area contributed by atoms with Crippen molar-refractivity contribution in [1.82, 2.24) is 0 Å². The predicted octanol–water partition coefficient (Wildman–Crippen LogP) is 1.91. The number of ether oxygens (including phenoxy) is 1. The Morgan fingerprint density at radius 1 is 1.42 bits per heavy atom. The third-order valence-electron chi connectivity index (χ3n) is 8.02. The molecular weight excluding hydrogens is 308 g/mol. The van der Waals surface area contributed by atoms with Crippen LogP contribution in [-0.2, 0) is 14.3 Å². The molecule has 2 N–H and O–H groups in total. The number of carboxylic acids is 1. The second-order valence-corrected chi connectivity index (χ2v) is 8.72. The van der Waals surface area contributed by atoms with Crippen LogP contribution in [0.5, 0.6) is 0 Å². The third kappa shape index (κ3) is 1.25. The molecule has 1 aliphatic heterocycles. The van der Waals surface area contributed by atoms with Crippen molar-refractivity contribution in [3.8, 4) is 0 Å². The van der Waals surface area contributed by atoms with E-state index in [-0.39, 0.29) is 5.92 Å². The molecule has 24 heavy (non-hydrogen) atoms. The first kappa shape index (κ1) is 14.7. The van der Waals surface area contributed by atoms with Crippen LogP contribution < -0.4 is 0 Å². The van der Waals surface area contributed by atoms with Crippen LogP contribution in [0, 0.1) is 34.5 Å². The lowest BCUT2D eigenvalue weighted by atomic mass is 9.61. The van der Waals surface area contributed by atoms with Crippen LogP contribution in [0.1, 0.15) is 32.6 Å². The van der Waals surface area contributed by atoms with E-state index in [1.807, 2.05) is 6.08 Å². The van der Waals surface area contributed by atoms with Gasteiger partial charge in [0, 0.05) is 11.8 Å². The normalized spacial score (nSPS) is 56.8. The predicted molar refractivity (Wildman–Crippen MR) is 83.7 cm³/mol. The molecule has 0 amide bonds. The molecule has 4 bridgehead atoms. The Kier molecular flexibility index (Phi) is 2.42. The van der Waals surface area contributed by atoms with Crippen molar-refractivity contribution in [1.29, 1.82) is 0 Å². The Balaban J connectivity index is 1.78. The highest BCUT2D eigenvalue weighted by molar-refractivity contribution is 5.86. The van der Waals surface area contributed by atoms with Crippen molar-refractivity contribution < 1.29 is 24.5 Å². The molecule has 1 saturated heterocycles. The highest BCUT2D eigenvalue weighted by Crippen LogP contribution is 2.76. The van der Waals surface area contributed by atoms with Gasteiger partial charge in [0.2, 0.25) is 0 Å². The van der Waals surface area contributed by atoms with E-state index < -0.39 is 46.3 Å². The summed E-state index contributed by atoms with van der Waals surface area (Å²) in [6, 6.07) is 0. The fourth-order valence-corrected chi connectivity index (χ4v) is 7.14. The average molecular weight is 330 g/mol. The van der Waals surface area contributed by atoms with Gasteiger partial charge in [0.15, 0.2) is 0 Å². The number of aliphatic hydroxyl groups is 1. The number of rotatable bonds is 1. The molecule has 0 aromatic heterocycles. The van der Waals surface area contributed by atoms with Gasteiger partial charge in [0.1, 0.15) is 11.0 Å². The molecule has 5 aliphatic rings. The molecule has 8 atom stereocenters. The molecular formula is C19H22O5. The highest BCUT2D eigenvalue weighted by Gasteiger charge is 2.82. The number of carbonyl (C=O) groups excluding carboxylic acids is 1. The van der Waals surface area contributed by atoms with Crippen molar-refractivity contribution in [2.45, 2.75) is 44.3 Å². The minimum Gasteiger partial charge on any atom is -0.481 e. The standard InChI is InChI=1S/C19H22O5/c1-9-7-18-8-10(9)3-4-11(18)19-6-5-12(20)17(2,16(23)24-19)14(19)13(18)15(21)22/h5-6,10-14,20H,1,3-4,7-8H2,2H3,(H,21,22)/t10-,11?,12+,13-,14?,17+,18+,19-/m0/s1. The number of carboxylic acid groups (broad SMARTS) is 1. The van der Waals surface area contributed by atoms with Crippen molar-refractivity contribution >= 4 is 11.9 Å². The largest absolute Gasteiger partial charge is 0.481 e. The second-order valence-electron chi connectivity index (χ2n) is 8.72. The molecule has 5 rings (SSSR count). The van der Waals surface area contributed by atoms with Gasteiger partial charge in [-0.25, -0.2) is 0 Å². The van der Waals surface area contributed by atoms with Gasteiger partial charge in [0.05, 0.1) is 12.0 Å². The van der Waals surface area contributed by atoms with Crippen molar-refractivity contribution in [2.24, 2.45) is 34.5 Å². The molecule has 1 heterocycles. The van der Waals surface area contributed by atoms with Gasteiger partial charge in [-0.05, 0) is 50.0 Å². The van der Waals surface area contributed by atoms with Crippen LogP contribution in [0.2, 0.25) is 0 Å². The molecule has 0 aromatic rings. The smallest absolute Gasteiger partial charge is 0.316 e. The fourth-order valence-electron chi connectivity index (χ4n) is 7.14. The quantitative estimate of drug-likeness (QED) is 0.567. The van der Waals surface area contributed by atoms with Gasteiger partial charge in [-0.1, -0.05) is 18.2 Å². The van der Waals surface area contributed by atoms with Crippen molar-refractivity contribution in [3.63, 3.8) is 0 Å². The van der Waals surface area contributed by atoms with Crippen LogP contribution in [-0.4, -0.2) is 33.9 Å². The molecule has 5 heteroatoms. The second kappa shape index (κ2) is 3.96. The Labute approximate surface area is 140 Å². The lowest BCUT2D eigenvalue weighted by Gasteiger charge is -2.42. The minimum atomic E-state index is -1.18. The van der Waals surface area contributed by atoms with Crippen LogP contribution in [0.25, 0.3) is 0 Å². The Bertz CT molecular complexity index is 725. The topological polar surface area (TPSA) is 83.8 Å². The highest BCUT2D eigenvalue weighted by atomic mass is 16.6. The Hall–Kier alpha value is -1.62. The number of hydrogen-bond donors (Lipinski definition) is 2. The van der Waals surface area contributed by atoms with Gasteiger partial charge in [-0.3, -0.25) is 9.59 Å². The lowest BCUT2D eigenvalue weighted by Crippen LogP contribution is -2.50. The van der Waals surface area contributed by atoms with E-state index in [0.29, 0.717) is 12.3 Å². The molecule has 128 valence electrons. The third-order valence-corrected chi connectivity index (χ3v) is 8.02. The van der Waals surface area contributed by atoms with Crippen LogP contribution in [0.3, 0.4) is 0 Å². The zero-order valence-electron chi connectivity index (χ0n) is 13.7. The fraction of sp³-hybridized carbons (Fsp3) is 0.684. The first-order valence-corrected chi connectivity index (χ1v) is 8.79. The van der Waals surface area contributed by atoms with Gasteiger partial charge in [-0.2, -0.15) is 0 Å². The van der Waals surface area contributed by atoms with Crippen LogP contribution in [0.4, 0.5) is 0 Å². The molecule has 4 fully saturated rings. The number of esters is 1. The first-order chi connectivity index (χ1) is 11.3. The van der Waals surface area contributed by atoms with Crippen LogP contribution in [0.15, 0.2) is 24.3 Å². The Morgan fingerprint density at radius 2 is 2.17 bits per heavy atom.